The van der Waals surface area contributed by atoms with Crippen LogP contribution in [-0.2, 0) is 11.2 Å². The highest BCUT2D eigenvalue weighted by Crippen LogP contribution is 2.28. The fourth-order valence-corrected chi connectivity index (χ4v) is 3.33. The van der Waals surface area contributed by atoms with Crippen molar-refractivity contribution in [2.45, 2.75) is 26.4 Å². The zero-order valence-electron chi connectivity index (χ0n) is 12.4. The Balaban J connectivity index is 1.78. The molecule has 0 aromatic carbocycles. The minimum absolute atomic E-state index is 0.0197. The highest BCUT2D eigenvalue weighted by molar-refractivity contribution is 7.09. The van der Waals surface area contributed by atoms with Gasteiger partial charge in [0.15, 0.2) is 0 Å². The van der Waals surface area contributed by atoms with Gasteiger partial charge in [-0.15, -0.1) is 11.3 Å². The molecule has 3 heterocycles. The van der Waals surface area contributed by atoms with E-state index in [4.69, 9.17) is 10.5 Å². The Hall–Kier alpha value is -1.66. The molecule has 5 nitrogen and oxygen atoms in total. The molecule has 21 heavy (non-hydrogen) atoms. The van der Waals surface area contributed by atoms with Crippen molar-refractivity contribution >= 4 is 23.0 Å². The lowest BCUT2D eigenvalue weighted by molar-refractivity contribution is 0.0393. The van der Waals surface area contributed by atoms with Crippen molar-refractivity contribution in [1.29, 1.82) is 0 Å². The van der Waals surface area contributed by atoms with E-state index in [1.165, 1.54) is 0 Å². The van der Waals surface area contributed by atoms with Crippen LogP contribution < -0.4 is 10.6 Å². The third-order valence-corrected chi connectivity index (χ3v) is 4.74. The summed E-state index contributed by atoms with van der Waals surface area (Å²) in [6.07, 6.45) is 0.926. The van der Waals surface area contributed by atoms with Gasteiger partial charge in [-0.3, -0.25) is 0 Å². The van der Waals surface area contributed by atoms with Gasteiger partial charge >= 0.3 is 0 Å². The third-order valence-electron chi connectivity index (χ3n) is 3.68. The number of nitrogen functional groups attached to an aromatic ring is 1. The van der Waals surface area contributed by atoms with Gasteiger partial charge in [0.2, 0.25) is 0 Å². The lowest BCUT2D eigenvalue weighted by Crippen LogP contribution is -2.39. The minimum atomic E-state index is 0.0197. The summed E-state index contributed by atoms with van der Waals surface area (Å²) >= 11 is 1.65. The van der Waals surface area contributed by atoms with Gasteiger partial charge < -0.3 is 15.4 Å². The number of thiazole rings is 1. The molecular weight excluding hydrogens is 284 g/mol. The van der Waals surface area contributed by atoms with Gasteiger partial charge in [0.1, 0.15) is 22.7 Å². The van der Waals surface area contributed by atoms with Crippen LogP contribution in [0.5, 0.6) is 0 Å². The summed E-state index contributed by atoms with van der Waals surface area (Å²) in [5, 5.41) is 3.10. The van der Waals surface area contributed by atoms with Crippen LogP contribution in [0.4, 0.5) is 11.6 Å². The minimum Gasteiger partial charge on any atom is -0.383 e. The molecule has 3 rings (SSSR count). The molecule has 1 aliphatic rings. The van der Waals surface area contributed by atoms with E-state index in [-0.39, 0.29) is 6.10 Å². The van der Waals surface area contributed by atoms with Crippen molar-refractivity contribution in [2.75, 3.05) is 30.3 Å². The maximum absolute atomic E-state index is 6.01. The molecule has 2 aromatic heterocycles. The van der Waals surface area contributed by atoms with Crippen molar-refractivity contribution in [1.82, 2.24) is 9.97 Å². The fraction of sp³-hybridized carbons (Fsp3) is 0.467. The van der Waals surface area contributed by atoms with Crippen LogP contribution in [0, 0.1) is 6.92 Å². The van der Waals surface area contributed by atoms with Crippen molar-refractivity contribution in [3.05, 3.63) is 33.8 Å². The Morgan fingerprint density at radius 1 is 1.43 bits per heavy atom. The van der Waals surface area contributed by atoms with Crippen molar-refractivity contribution in [2.24, 2.45) is 0 Å². The Bertz CT molecular complexity index is 628. The Kier molecular flexibility index (Phi) is 4.07. The fourth-order valence-electron chi connectivity index (χ4n) is 2.49. The summed E-state index contributed by atoms with van der Waals surface area (Å²) in [6, 6.07) is 4.11. The predicted molar refractivity (Wildman–Crippen MR) is 85.8 cm³/mol. The molecule has 1 fully saturated rings. The van der Waals surface area contributed by atoms with Gasteiger partial charge in [-0.25, -0.2) is 9.97 Å². The molecule has 2 aromatic rings. The Morgan fingerprint density at radius 3 is 2.95 bits per heavy atom. The molecule has 0 saturated carbocycles. The lowest BCUT2D eigenvalue weighted by Gasteiger charge is -2.33. The number of hydrogen-bond acceptors (Lipinski definition) is 6. The summed E-state index contributed by atoms with van der Waals surface area (Å²) in [6.45, 7) is 6.37. The SMILES string of the molecule is CCc1ccc(N2CCOC(c3nc(C)cs3)C2)nc1N. The maximum atomic E-state index is 6.01. The van der Waals surface area contributed by atoms with E-state index in [2.05, 4.69) is 33.2 Å². The van der Waals surface area contributed by atoms with Gasteiger partial charge in [0, 0.05) is 17.6 Å². The first-order chi connectivity index (χ1) is 10.2. The van der Waals surface area contributed by atoms with Gasteiger partial charge in [-0.2, -0.15) is 0 Å². The summed E-state index contributed by atoms with van der Waals surface area (Å²) in [7, 11) is 0. The molecule has 112 valence electrons. The summed E-state index contributed by atoms with van der Waals surface area (Å²) in [4.78, 5) is 11.3. The average molecular weight is 304 g/mol. The second-order valence-electron chi connectivity index (χ2n) is 5.20. The first-order valence-corrected chi connectivity index (χ1v) is 8.09. The highest BCUT2D eigenvalue weighted by atomic mass is 32.1. The van der Waals surface area contributed by atoms with Crippen LogP contribution >= 0.6 is 11.3 Å². The molecule has 1 aliphatic heterocycles. The number of pyridine rings is 1. The standard InChI is InChI=1S/C15H20N4OS/c1-3-11-4-5-13(18-14(11)16)19-6-7-20-12(8-19)15-17-10(2)9-21-15/h4-5,9,12H,3,6-8H2,1-2H3,(H2,16,18). The monoisotopic (exact) mass is 304 g/mol. The summed E-state index contributed by atoms with van der Waals surface area (Å²) < 4.78 is 5.85. The van der Waals surface area contributed by atoms with Crippen LogP contribution in [0.1, 0.15) is 29.3 Å². The number of nitrogens with two attached hydrogens (primary N) is 1. The number of morpholine rings is 1. The quantitative estimate of drug-likeness (QED) is 0.944. The van der Waals surface area contributed by atoms with Gasteiger partial charge in [0.05, 0.1) is 13.2 Å². The van der Waals surface area contributed by atoms with E-state index in [0.29, 0.717) is 12.4 Å². The molecule has 2 N–H and O–H groups in total. The number of rotatable bonds is 3. The molecule has 1 unspecified atom stereocenters. The van der Waals surface area contributed by atoms with E-state index in [9.17, 15) is 0 Å². The first kappa shape index (κ1) is 14.3. The molecule has 0 radical (unpaired) electrons. The Morgan fingerprint density at radius 2 is 2.29 bits per heavy atom. The number of aromatic nitrogens is 2. The third kappa shape index (κ3) is 3.01. The molecular formula is C15H20N4OS. The van der Waals surface area contributed by atoms with Crippen LogP contribution in [0.25, 0.3) is 0 Å². The molecule has 1 saturated heterocycles. The number of anilines is 2. The second kappa shape index (κ2) is 5.99. The second-order valence-corrected chi connectivity index (χ2v) is 6.09. The van der Waals surface area contributed by atoms with Crippen molar-refractivity contribution in [3.63, 3.8) is 0 Å². The van der Waals surface area contributed by atoms with E-state index >= 15 is 0 Å². The molecule has 1 atom stereocenters. The maximum Gasteiger partial charge on any atom is 0.131 e. The molecule has 6 heteroatoms. The van der Waals surface area contributed by atoms with Gasteiger partial charge in [0.25, 0.3) is 0 Å². The topological polar surface area (TPSA) is 64.3 Å². The van der Waals surface area contributed by atoms with Crippen LogP contribution in [-0.4, -0.2) is 29.7 Å². The van der Waals surface area contributed by atoms with Crippen LogP contribution in [0.3, 0.4) is 0 Å². The number of nitrogens with zero attached hydrogens (tertiary/aromatic N) is 3. The largest absolute Gasteiger partial charge is 0.383 e. The molecule has 0 bridgehead atoms. The highest BCUT2D eigenvalue weighted by Gasteiger charge is 2.25. The normalized spacial score (nSPS) is 19.0. The predicted octanol–water partition coefficient (Wildman–Crippen LogP) is 2.57. The first-order valence-electron chi connectivity index (χ1n) is 7.21. The van der Waals surface area contributed by atoms with Crippen molar-refractivity contribution < 1.29 is 4.74 Å². The lowest BCUT2D eigenvalue weighted by atomic mass is 10.2. The van der Waals surface area contributed by atoms with Crippen molar-refractivity contribution in [3.8, 4) is 0 Å². The number of aryl methyl sites for hydroxylation is 2. The number of hydrogen-bond donors (Lipinski definition) is 1. The van der Waals surface area contributed by atoms with E-state index < -0.39 is 0 Å². The summed E-state index contributed by atoms with van der Waals surface area (Å²) in [5.41, 5.74) is 8.15. The zero-order valence-corrected chi connectivity index (χ0v) is 13.2. The van der Waals surface area contributed by atoms with Crippen LogP contribution in [0.2, 0.25) is 0 Å². The van der Waals surface area contributed by atoms with E-state index in [0.717, 1.165) is 41.6 Å². The average Bonchev–Trinajstić information content (AvgIpc) is 2.94. The summed E-state index contributed by atoms with van der Waals surface area (Å²) in [5.74, 6) is 1.55. The number of ether oxygens (including phenoxy) is 1. The smallest absolute Gasteiger partial charge is 0.131 e. The van der Waals surface area contributed by atoms with Crippen LogP contribution in [0.15, 0.2) is 17.5 Å². The molecule has 0 amide bonds. The molecule has 0 aliphatic carbocycles. The van der Waals surface area contributed by atoms with Gasteiger partial charge in [-0.1, -0.05) is 13.0 Å². The molecule has 0 spiro atoms. The van der Waals surface area contributed by atoms with E-state index in [1.807, 2.05) is 13.0 Å². The van der Waals surface area contributed by atoms with E-state index in [1.54, 1.807) is 11.3 Å². The zero-order chi connectivity index (χ0) is 14.8. The Labute approximate surface area is 128 Å². The van der Waals surface area contributed by atoms with Gasteiger partial charge in [-0.05, 0) is 25.0 Å².